The highest BCUT2D eigenvalue weighted by Gasteiger charge is 2.44. The SMILES string of the molecule is Cc1ccc(C(C)(O)CNC(=O)C2(Cc3ccccc3)CCC2)o1. The van der Waals surface area contributed by atoms with Gasteiger partial charge in [0.05, 0.1) is 12.0 Å². The average Bonchev–Trinajstić information content (AvgIpc) is 2.97. The van der Waals surface area contributed by atoms with Gasteiger partial charge in [0.1, 0.15) is 17.1 Å². The van der Waals surface area contributed by atoms with Crippen LogP contribution < -0.4 is 5.32 Å². The number of hydrogen-bond acceptors (Lipinski definition) is 3. The smallest absolute Gasteiger partial charge is 0.226 e. The van der Waals surface area contributed by atoms with Crippen LogP contribution in [-0.2, 0) is 16.8 Å². The largest absolute Gasteiger partial charge is 0.463 e. The maximum atomic E-state index is 12.8. The number of furan rings is 1. The minimum Gasteiger partial charge on any atom is -0.463 e. The second-order valence-electron chi connectivity index (χ2n) is 7.16. The van der Waals surface area contributed by atoms with E-state index >= 15 is 0 Å². The van der Waals surface area contributed by atoms with Gasteiger partial charge >= 0.3 is 0 Å². The van der Waals surface area contributed by atoms with Gasteiger partial charge in [0, 0.05) is 0 Å². The van der Waals surface area contributed by atoms with Gasteiger partial charge in [-0.05, 0) is 50.8 Å². The molecule has 1 amide bonds. The third-order valence-electron chi connectivity index (χ3n) is 5.04. The van der Waals surface area contributed by atoms with Crippen molar-refractivity contribution in [3.63, 3.8) is 0 Å². The number of nitrogens with one attached hydrogen (secondary N) is 1. The number of aliphatic hydroxyl groups is 1. The Morgan fingerprint density at radius 1 is 1.25 bits per heavy atom. The molecular weight excluding hydrogens is 302 g/mol. The van der Waals surface area contributed by atoms with Crippen molar-refractivity contribution in [1.82, 2.24) is 5.32 Å². The zero-order chi connectivity index (χ0) is 17.2. The summed E-state index contributed by atoms with van der Waals surface area (Å²) in [6.07, 6.45) is 3.63. The molecule has 4 nitrogen and oxygen atoms in total. The molecule has 1 aromatic carbocycles. The standard InChI is InChI=1S/C20H25NO3/c1-15-9-10-17(24-15)19(2,23)14-21-18(22)20(11-6-12-20)13-16-7-4-3-5-8-16/h3-5,7-10,23H,6,11-14H2,1-2H3,(H,21,22). The summed E-state index contributed by atoms with van der Waals surface area (Å²) in [6.45, 7) is 3.65. The van der Waals surface area contributed by atoms with Crippen LogP contribution in [0.4, 0.5) is 0 Å². The number of carbonyl (C=O) groups excluding carboxylic acids is 1. The van der Waals surface area contributed by atoms with Gasteiger partial charge in [0.25, 0.3) is 0 Å². The maximum Gasteiger partial charge on any atom is 0.226 e. The van der Waals surface area contributed by atoms with Gasteiger partial charge in [-0.15, -0.1) is 0 Å². The number of benzene rings is 1. The van der Waals surface area contributed by atoms with Crippen molar-refractivity contribution in [3.8, 4) is 0 Å². The Hall–Kier alpha value is -2.07. The van der Waals surface area contributed by atoms with Crippen molar-refractivity contribution in [1.29, 1.82) is 0 Å². The van der Waals surface area contributed by atoms with Crippen molar-refractivity contribution >= 4 is 5.91 Å². The first-order valence-corrected chi connectivity index (χ1v) is 8.53. The van der Waals surface area contributed by atoms with Gasteiger partial charge in [-0.3, -0.25) is 4.79 Å². The van der Waals surface area contributed by atoms with E-state index in [2.05, 4.69) is 17.4 Å². The number of carbonyl (C=O) groups is 1. The molecular formula is C20H25NO3. The van der Waals surface area contributed by atoms with E-state index in [1.54, 1.807) is 13.0 Å². The Bertz CT molecular complexity index is 699. The molecule has 0 bridgehead atoms. The van der Waals surface area contributed by atoms with Crippen LogP contribution in [-0.4, -0.2) is 17.6 Å². The number of rotatable bonds is 6. The molecule has 1 aromatic heterocycles. The highest BCUT2D eigenvalue weighted by molar-refractivity contribution is 5.84. The highest BCUT2D eigenvalue weighted by atomic mass is 16.4. The van der Waals surface area contributed by atoms with Crippen LogP contribution in [0.3, 0.4) is 0 Å². The second-order valence-corrected chi connectivity index (χ2v) is 7.16. The zero-order valence-electron chi connectivity index (χ0n) is 14.3. The third kappa shape index (κ3) is 3.39. The van der Waals surface area contributed by atoms with Crippen LogP contribution in [0.2, 0.25) is 0 Å². The van der Waals surface area contributed by atoms with Gasteiger partial charge in [0.2, 0.25) is 5.91 Å². The van der Waals surface area contributed by atoms with Crippen LogP contribution in [0, 0.1) is 12.3 Å². The van der Waals surface area contributed by atoms with Gasteiger partial charge in [-0.2, -0.15) is 0 Å². The summed E-state index contributed by atoms with van der Waals surface area (Å²) in [7, 11) is 0. The van der Waals surface area contributed by atoms with Crippen molar-refractivity contribution in [2.45, 2.75) is 45.1 Å². The fourth-order valence-corrected chi connectivity index (χ4v) is 3.33. The molecule has 3 rings (SSSR count). The molecule has 1 aliphatic rings. The van der Waals surface area contributed by atoms with Crippen LogP contribution in [0.1, 0.15) is 43.3 Å². The topological polar surface area (TPSA) is 62.5 Å². The van der Waals surface area contributed by atoms with Crippen LogP contribution >= 0.6 is 0 Å². The summed E-state index contributed by atoms with van der Waals surface area (Å²) in [5, 5.41) is 13.5. The Morgan fingerprint density at radius 3 is 2.50 bits per heavy atom. The summed E-state index contributed by atoms with van der Waals surface area (Å²) in [5.41, 5.74) is -0.362. The molecule has 1 fully saturated rings. The fraction of sp³-hybridized carbons (Fsp3) is 0.450. The molecule has 1 saturated carbocycles. The molecule has 1 unspecified atom stereocenters. The van der Waals surface area contributed by atoms with Crippen LogP contribution in [0.25, 0.3) is 0 Å². The Kier molecular flexibility index (Phi) is 4.50. The van der Waals surface area contributed by atoms with Gasteiger partial charge in [0.15, 0.2) is 0 Å². The molecule has 0 radical (unpaired) electrons. The highest BCUT2D eigenvalue weighted by Crippen LogP contribution is 2.44. The molecule has 128 valence electrons. The minimum absolute atomic E-state index is 0.0288. The number of aryl methyl sites for hydroxylation is 1. The summed E-state index contributed by atoms with van der Waals surface area (Å²) in [6, 6.07) is 13.7. The van der Waals surface area contributed by atoms with Gasteiger partial charge in [-0.25, -0.2) is 0 Å². The van der Waals surface area contributed by atoms with Crippen molar-refractivity contribution in [2.24, 2.45) is 5.41 Å². The molecule has 0 aliphatic heterocycles. The van der Waals surface area contributed by atoms with Crippen molar-refractivity contribution in [3.05, 3.63) is 59.5 Å². The van der Waals surface area contributed by atoms with E-state index in [1.165, 1.54) is 5.56 Å². The number of hydrogen-bond donors (Lipinski definition) is 2. The molecule has 0 saturated heterocycles. The lowest BCUT2D eigenvalue weighted by Crippen LogP contribution is -2.50. The molecule has 2 aromatic rings. The van der Waals surface area contributed by atoms with E-state index < -0.39 is 5.60 Å². The van der Waals surface area contributed by atoms with Crippen molar-refractivity contribution in [2.75, 3.05) is 6.54 Å². The van der Waals surface area contributed by atoms with E-state index in [1.807, 2.05) is 31.2 Å². The Balaban J connectivity index is 1.65. The Labute approximate surface area is 142 Å². The molecule has 2 N–H and O–H groups in total. The summed E-state index contributed by atoms with van der Waals surface area (Å²) in [4.78, 5) is 12.8. The Morgan fingerprint density at radius 2 is 1.96 bits per heavy atom. The average molecular weight is 327 g/mol. The van der Waals surface area contributed by atoms with Crippen LogP contribution in [0.5, 0.6) is 0 Å². The van der Waals surface area contributed by atoms with Gasteiger partial charge in [-0.1, -0.05) is 36.8 Å². The summed E-state index contributed by atoms with van der Waals surface area (Å²) < 4.78 is 5.50. The van der Waals surface area contributed by atoms with Crippen LogP contribution in [0.15, 0.2) is 46.9 Å². The first-order chi connectivity index (χ1) is 11.4. The lowest BCUT2D eigenvalue weighted by Gasteiger charge is -2.41. The maximum absolute atomic E-state index is 12.8. The molecule has 1 atom stereocenters. The molecule has 4 heteroatoms. The molecule has 24 heavy (non-hydrogen) atoms. The first kappa shape index (κ1) is 16.8. The van der Waals surface area contributed by atoms with Gasteiger partial charge < -0.3 is 14.8 Å². The van der Waals surface area contributed by atoms with E-state index in [-0.39, 0.29) is 17.9 Å². The first-order valence-electron chi connectivity index (χ1n) is 8.53. The number of amides is 1. The van der Waals surface area contributed by atoms with E-state index in [0.29, 0.717) is 5.76 Å². The molecule has 1 aliphatic carbocycles. The summed E-state index contributed by atoms with van der Waals surface area (Å²) >= 11 is 0. The lowest BCUT2D eigenvalue weighted by atomic mass is 9.64. The van der Waals surface area contributed by atoms with E-state index in [9.17, 15) is 9.90 Å². The fourth-order valence-electron chi connectivity index (χ4n) is 3.33. The molecule has 0 spiro atoms. The third-order valence-corrected chi connectivity index (χ3v) is 5.04. The normalized spacial score (nSPS) is 18.5. The monoisotopic (exact) mass is 327 g/mol. The van der Waals surface area contributed by atoms with Crippen molar-refractivity contribution < 1.29 is 14.3 Å². The quantitative estimate of drug-likeness (QED) is 0.855. The predicted molar refractivity (Wildman–Crippen MR) is 92.5 cm³/mol. The zero-order valence-corrected chi connectivity index (χ0v) is 14.3. The lowest BCUT2D eigenvalue weighted by molar-refractivity contribution is -0.137. The van der Waals surface area contributed by atoms with E-state index in [0.717, 1.165) is 31.4 Å². The molecule has 1 heterocycles. The van der Waals surface area contributed by atoms with E-state index in [4.69, 9.17) is 4.42 Å². The second kappa shape index (κ2) is 6.44. The summed E-state index contributed by atoms with van der Waals surface area (Å²) in [5.74, 6) is 1.25. The minimum atomic E-state index is -1.21. The predicted octanol–water partition coefficient (Wildman–Crippen LogP) is 3.32.